The second-order valence-corrected chi connectivity index (χ2v) is 8.82. The second kappa shape index (κ2) is 5.38. The van der Waals surface area contributed by atoms with Crippen molar-refractivity contribution in [1.82, 2.24) is 4.57 Å². The topological polar surface area (TPSA) is 17.2 Å². The molecule has 0 saturated heterocycles. The van der Waals surface area contributed by atoms with Gasteiger partial charge in [0, 0.05) is 22.8 Å². The largest absolute Gasteiger partial charge is 0.487 e. The van der Waals surface area contributed by atoms with Crippen molar-refractivity contribution in [3.8, 4) is 0 Å². The summed E-state index contributed by atoms with van der Waals surface area (Å²) in [5, 5.41) is 1.70. The number of rotatable bonds is 1. The highest BCUT2D eigenvalue weighted by molar-refractivity contribution is 6.24. The fourth-order valence-corrected chi connectivity index (χ4v) is 5.53. The Morgan fingerprint density at radius 1 is 1.14 bits per heavy atom. The Balaban J connectivity index is 1.96. The number of hydrogen-bond donors (Lipinski definition) is 0. The van der Waals surface area contributed by atoms with Crippen LogP contribution in [0, 0.1) is 31.5 Å². The van der Waals surface area contributed by atoms with Gasteiger partial charge in [-0.25, -0.2) is 8.97 Å². The van der Waals surface area contributed by atoms with Gasteiger partial charge in [0.05, 0.1) is 22.3 Å². The Bertz CT molecular complexity index is 1350. The molecule has 6 rings (SSSR count). The normalized spacial score (nSPS) is 22.3. The van der Waals surface area contributed by atoms with Crippen molar-refractivity contribution in [2.45, 2.75) is 33.8 Å². The van der Waals surface area contributed by atoms with E-state index in [0.717, 1.165) is 44.3 Å². The third-order valence-corrected chi connectivity index (χ3v) is 6.93. The fourth-order valence-electron chi connectivity index (χ4n) is 5.53. The zero-order valence-corrected chi connectivity index (χ0v) is 17.4. The van der Waals surface area contributed by atoms with E-state index < -0.39 is 0 Å². The van der Waals surface area contributed by atoms with E-state index in [2.05, 4.69) is 55.3 Å². The minimum absolute atomic E-state index is 0.0114. The van der Waals surface area contributed by atoms with E-state index in [9.17, 15) is 0 Å². The van der Waals surface area contributed by atoms with Crippen molar-refractivity contribution >= 4 is 33.2 Å². The van der Waals surface area contributed by atoms with Crippen molar-refractivity contribution in [3.05, 3.63) is 64.8 Å². The molecule has 3 aliphatic rings. The van der Waals surface area contributed by atoms with Gasteiger partial charge in [-0.2, -0.15) is 0 Å². The highest BCUT2D eigenvalue weighted by atomic mass is 19.1. The maximum atomic E-state index is 15.7. The minimum atomic E-state index is -0.105. The fraction of sp³-hybridized carbons (Fsp3) is 0.320. The third-order valence-electron chi connectivity index (χ3n) is 6.93. The van der Waals surface area contributed by atoms with Gasteiger partial charge in [-0.15, -0.1) is 0 Å². The van der Waals surface area contributed by atoms with Crippen LogP contribution >= 0.6 is 0 Å². The molecule has 1 aromatic heterocycles. The molecule has 0 bridgehead atoms. The lowest BCUT2D eigenvalue weighted by molar-refractivity contribution is -0.427. The number of para-hydroxylation sites is 1. The van der Waals surface area contributed by atoms with E-state index in [4.69, 9.17) is 4.74 Å². The molecule has 146 valence electrons. The van der Waals surface area contributed by atoms with E-state index in [-0.39, 0.29) is 23.8 Å². The number of nitrogens with zero attached hydrogens (tertiary/aromatic N) is 2. The summed E-state index contributed by atoms with van der Waals surface area (Å²) in [5.41, 5.74) is 7.36. The van der Waals surface area contributed by atoms with Crippen molar-refractivity contribution in [2.75, 3.05) is 7.05 Å². The first-order valence-corrected chi connectivity index (χ1v) is 10.3. The molecule has 4 heteroatoms. The average molecular weight is 387 g/mol. The summed E-state index contributed by atoms with van der Waals surface area (Å²) >= 11 is 0. The minimum Gasteiger partial charge on any atom is -0.487 e. The number of ether oxygens (including phenoxy) is 1. The lowest BCUT2D eigenvalue weighted by Crippen LogP contribution is -2.38. The number of hydrogen-bond acceptors (Lipinski definition) is 1. The van der Waals surface area contributed by atoms with Crippen LogP contribution in [0.1, 0.15) is 30.5 Å². The van der Waals surface area contributed by atoms with E-state index >= 15 is 4.39 Å². The molecule has 29 heavy (non-hydrogen) atoms. The SMILES string of the molecule is Cc1c(C)c2c3c(c1F)c1ccccc1n3C1=C(C(C)C)OC3C=C[N+](C)=C2C13. The quantitative estimate of drug-likeness (QED) is 0.514. The summed E-state index contributed by atoms with van der Waals surface area (Å²) in [6.45, 7) is 8.30. The number of aromatic nitrogens is 1. The molecule has 0 aliphatic carbocycles. The van der Waals surface area contributed by atoms with Crippen LogP contribution < -0.4 is 0 Å². The van der Waals surface area contributed by atoms with Gasteiger partial charge < -0.3 is 9.30 Å². The van der Waals surface area contributed by atoms with Crippen LogP contribution in [0.4, 0.5) is 4.39 Å². The van der Waals surface area contributed by atoms with Gasteiger partial charge in [-0.3, -0.25) is 0 Å². The van der Waals surface area contributed by atoms with Crippen LogP contribution in [0.2, 0.25) is 0 Å². The summed E-state index contributed by atoms with van der Waals surface area (Å²) in [4.78, 5) is 0. The van der Waals surface area contributed by atoms with E-state index in [1.165, 1.54) is 11.4 Å². The molecule has 0 fully saturated rings. The predicted octanol–water partition coefficient (Wildman–Crippen LogP) is 5.36. The molecule has 0 saturated carbocycles. The van der Waals surface area contributed by atoms with E-state index in [1.807, 2.05) is 25.1 Å². The number of fused-ring (bicyclic) bond motifs is 5. The molecular formula is C25H24FN2O+. The molecule has 2 unspecified atom stereocenters. The monoisotopic (exact) mass is 387 g/mol. The first-order chi connectivity index (χ1) is 13.9. The van der Waals surface area contributed by atoms with Crippen LogP contribution in [-0.4, -0.2) is 28.0 Å². The van der Waals surface area contributed by atoms with Crippen LogP contribution in [0.15, 0.2) is 42.3 Å². The van der Waals surface area contributed by atoms with Crippen molar-refractivity contribution in [2.24, 2.45) is 11.8 Å². The maximum Gasteiger partial charge on any atom is 0.204 e. The number of benzene rings is 2. The lowest BCUT2D eigenvalue weighted by atomic mass is 9.81. The average Bonchev–Trinajstić information content (AvgIpc) is 3.25. The van der Waals surface area contributed by atoms with Crippen LogP contribution in [0.25, 0.3) is 27.5 Å². The van der Waals surface area contributed by atoms with E-state index in [0.29, 0.717) is 0 Å². The van der Waals surface area contributed by atoms with Gasteiger partial charge in [0.2, 0.25) is 5.71 Å². The van der Waals surface area contributed by atoms with Crippen molar-refractivity contribution in [1.29, 1.82) is 0 Å². The summed E-state index contributed by atoms with van der Waals surface area (Å²) in [5.74, 6) is 1.29. The zero-order valence-electron chi connectivity index (χ0n) is 17.4. The Morgan fingerprint density at radius 2 is 1.90 bits per heavy atom. The van der Waals surface area contributed by atoms with E-state index in [1.54, 1.807) is 0 Å². The molecule has 4 heterocycles. The molecular weight excluding hydrogens is 363 g/mol. The standard InChI is InChI=1S/C25H24FN2O/c1-12(2)25-24-20-17(29-25)10-11-27(5)22(20)18-13(3)14(4)21(26)19-15-8-6-7-9-16(15)28(24)23(18)19/h6-12,17,20H,1-5H3/q+1. The van der Waals surface area contributed by atoms with Gasteiger partial charge in [-0.05, 0) is 31.0 Å². The molecule has 2 atom stereocenters. The second-order valence-electron chi connectivity index (χ2n) is 8.82. The van der Waals surface area contributed by atoms with Crippen molar-refractivity contribution in [3.63, 3.8) is 0 Å². The number of halogens is 1. The van der Waals surface area contributed by atoms with Gasteiger partial charge in [0.15, 0.2) is 6.20 Å². The van der Waals surface area contributed by atoms with Crippen molar-refractivity contribution < 1.29 is 13.7 Å². The first-order valence-electron chi connectivity index (χ1n) is 10.3. The molecule has 0 N–H and O–H groups in total. The first kappa shape index (κ1) is 17.0. The molecule has 3 aliphatic heterocycles. The van der Waals surface area contributed by atoms with Gasteiger partial charge >= 0.3 is 0 Å². The molecule has 3 aromatic rings. The van der Waals surface area contributed by atoms with Crippen LogP contribution in [0.3, 0.4) is 0 Å². The highest BCUT2D eigenvalue weighted by Gasteiger charge is 2.51. The Kier molecular flexibility index (Phi) is 3.16. The van der Waals surface area contributed by atoms with Gasteiger partial charge in [0.1, 0.15) is 30.6 Å². The Labute approximate surface area is 169 Å². The summed E-state index contributed by atoms with van der Waals surface area (Å²) in [6, 6.07) is 8.18. The highest BCUT2D eigenvalue weighted by Crippen LogP contribution is 2.51. The van der Waals surface area contributed by atoms with Gasteiger partial charge in [-0.1, -0.05) is 32.0 Å². The van der Waals surface area contributed by atoms with Crippen LogP contribution in [0.5, 0.6) is 0 Å². The number of allylic oxidation sites excluding steroid dienone is 1. The molecule has 0 radical (unpaired) electrons. The molecule has 3 nitrogen and oxygen atoms in total. The summed E-state index contributed by atoms with van der Waals surface area (Å²) < 4.78 is 26.7. The third kappa shape index (κ3) is 1.85. The maximum absolute atomic E-state index is 15.7. The Hall–Kier alpha value is -2.88. The predicted molar refractivity (Wildman–Crippen MR) is 115 cm³/mol. The summed E-state index contributed by atoms with van der Waals surface area (Å²) in [7, 11) is 2.09. The molecule has 2 aromatic carbocycles. The zero-order chi connectivity index (χ0) is 20.2. The van der Waals surface area contributed by atoms with Gasteiger partial charge in [0.25, 0.3) is 0 Å². The Morgan fingerprint density at radius 3 is 2.66 bits per heavy atom. The smallest absolute Gasteiger partial charge is 0.204 e. The lowest BCUT2D eigenvalue weighted by Gasteiger charge is -2.29. The summed E-state index contributed by atoms with van der Waals surface area (Å²) in [6.07, 6.45) is 4.24. The molecule has 0 spiro atoms. The molecule has 0 amide bonds. The van der Waals surface area contributed by atoms with Crippen LogP contribution in [-0.2, 0) is 4.74 Å².